The second-order valence-corrected chi connectivity index (χ2v) is 9.83. The van der Waals surface area contributed by atoms with Crippen LogP contribution >= 0.6 is 0 Å². The van der Waals surface area contributed by atoms with Gasteiger partial charge in [0.25, 0.3) is 0 Å². The minimum Gasteiger partial charge on any atom is -0.496 e. The van der Waals surface area contributed by atoms with E-state index in [0.29, 0.717) is 45.4 Å². The van der Waals surface area contributed by atoms with Crippen LogP contribution in [0.3, 0.4) is 0 Å². The largest absolute Gasteiger partial charge is 0.496 e. The fourth-order valence-electron chi connectivity index (χ4n) is 3.52. The number of hydrogen-bond acceptors (Lipinski definition) is 8. The molecule has 0 aliphatic heterocycles. The fourth-order valence-corrected chi connectivity index (χ4v) is 4.61. The second-order valence-electron chi connectivity index (χ2n) is 7.94. The molecule has 0 aliphatic carbocycles. The number of halogens is 1. The summed E-state index contributed by atoms with van der Waals surface area (Å²) in [7, 11) is 2.21. The average molecular weight is 542 g/mol. The Labute approximate surface area is 221 Å². The SMILES string of the molecule is COc1cc(OC)c(/C=C/S(=O)(=O)Cc2ccc(OC)c(N/C=C/C(=O)c3ccc(F)cc3)c2)c(OC)c1. The standard InChI is InChI=1S/C28H28FNO7S/c1-34-22-16-27(36-3)23(28(17-22)37-4)12-14-38(32,33)18-19-5-10-26(35-2)24(15-19)30-13-11-25(31)20-6-8-21(29)9-7-20/h5-17,30H,18H2,1-4H3/b13-11+,14-12+. The van der Waals surface area contributed by atoms with Crippen LogP contribution in [0.15, 0.2) is 72.3 Å². The zero-order valence-electron chi connectivity index (χ0n) is 21.4. The van der Waals surface area contributed by atoms with Crippen LogP contribution in [0.1, 0.15) is 21.5 Å². The molecule has 1 N–H and O–H groups in total. The Hall–Kier alpha value is -4.31. The van der Waals surface area contributed by atoms with Crippen molar-refractivity contribution in [3.8, 4) is 23.0 Å². The number of sulfone groups is 1. The molecule has 0 saturated carbocycles. The first-order chi connectivity index (χ1) is 18.2. The van der Waals surface area contributed by atoms with E-state index >= 15 is 0 Å². The zero-order chi connectivity index (χ0) is 27.7. The molecule has 0 spiro atoms. The molecule has 38 heavy (non-hydrogen) atoms. The number of hydrogen-bond donors (Lipinski definition) is 1. The third-order valence-electron chi connectivity index (χ3n) is 5.43. The van der Waals surface area contributed by atoms with Crippen LogP contribution in [0.2, 0.25) is 0 Å². The Morgan fingerprint density at radius 3 is 2.08 bits per heavy atom. The maximum atomic E-state index is 13.1. The quantitative estimate of drug-likeness (QED) is 0.245. The van der Waals surface area contributed by atoms with Crippen LogP contribution in [0.5, 0.6) is 23.0 Å². The third-order valence-corrected chi connectivity index (χ3v) is 6.72. The minimum absolute atomic E-state index is 0.290. The van der Waals surface area contributed by atoms with Crippen molar-refractivity contribution in [1.82, 2.24) is 0 Å². The Balaban J connectivity index is 1.78. The number of methoxy groups -OCH3 is 4. The number of carbonyl (C=O) groups excluding carboxylic acids is 1. The van der Waals surface area contributed by atoms with E-state index in [1.165, 1.54) is 71.1 Å². The van der Waals surface area contributed by atoms with Crippen molar-refractivity contribution in [2.45, 2.75) is 5.75 Å². The van der Waals surface area contributed by atoms with Crippen molar-refractivity contribution in [2.24, 2.45) is 0 Å². The Bertz CT molecular complexity index is 1420. The van der Waals surface area contributed by atoms with Crippen molar-refractivity contribution >= 4 is 27.4 Å². The van der Waals surface area contributed by atoms with E-state index in [1.807, 2.05) is 0 Å². The van der Waals surface area contributed by atoms with Gasteiger partial charge in [-0.1, -0.05) is 6.07 Å². The van der Waals surface area contributed by atoms with Crippen molar-refractivity contribution in [3.05, 3.63) is 94.8 Å². The van der Waals surface area contributed by atoms with Crippen LogP contribution in [-0.4, -0.2) is 42.6 Å². The van der Waals surface area contributed by atoms with Crippen LogP contribution in [0.4, 0.5) is 10.1 Å². The fraction of sp³-hybridized carbons (Fsp3) is 0.179. The van der Waals surface area contributed by atoms with E-state index in [9.17, 15) is 17.6 Å². The van der Waals surface area contributed by atoms with Crippen molar-refractivity contribution in [3.63, 3.8) is 0 Å². The first-order valence-electron chi connectivity index (χ1n) is 11.3. The first-order valence-corrected chi connectivity index (χ1v) is 13.0. The predicted octanol–water partition coefficient (Wildman–Crippen LogP) is 5.25. The lowest BCUT2D eigenvalue weighted by Crippen LogP contribution is -2.02. The molecule has 0 bridgehead atoms. The molecule has 8 nitrogen and oxygen atoms in total. The second kappa shape index (κ2) is 12.8. The molecule has 0 aromatic heterocycles. The molecule has 0 saturated heterocycles. The lowest BCUT2D eigenvalue weighted by atomic mass is 10.1. The molecule has 3 rings (SSSR count). The van der Waals surface area contributed by atoms with Gasteiger partial charge in [0, 0.05) is 35.4 Å². The third kappa shape index (κ3) is 7.36. The summed E-state index contributed by atoms with van der Waals surface area (Å²) in [6.45, 7) is 0. The highest BCUT2D eigenvalue weighted by Crippen LogP contribution is 2.35. The van der Waals surface area contributed by atoms with Gasteiger partial charge in [0.2, 0.25) is 0 Å². The number of ether oxygens (including phenoxy) is 4. The molecule has 0 atom stereocenters. The van der Waals surface area contributed by atoms with Gasteiger partial charge in [0.1, 0.15) is 28.8 Å². The number of carbonyl (C=O) groups is 1. The Kier molecular flexibility index (Phi) is 9.50. The number of rotatable bonds is 12. The molecular formula is C28H28FNO7S. The highest BCUT2D eigenvalue weighted by atomic mass is 32.2. The molecule has 10 heteroatoms. The smallest absolute Gasteiger partial charge is 0.187 e. The van der Waals surface area contributed by atoms with Crippen molar-refractivity contribution in [1.29, 1.82) is 0 Å². The van der Waals surface area contributed by atoms with E-state index < -0.39 is 15.7 Å². The van der Waals surface area contributed by atoms with Gasteiger partial charge in [-0.3, -0.25) is 4.79 Å². The molecule has 0 aliphatic rings. The van der Waals surface area contributed by atoms with Gasteiger partial charge < -0.3 is 24.3 Å². The number of anilines is 1. The zero-order valence-corrected chi connectivity index (χ0v) is 22.2. The van der Waals surface area contributed by atoms with Gasteiger partial charge >= 0.3 is 0 Å². The van der Waals surface area contributed by atoms with Crippen molar-refractivity contribution < 1.29 is 36.6 Å². The molecule has 0 fully saturated rings. The minimum atomic E-state index is -3.70. The normalized spacial score (nSPS) is 11.5. The van der Waals surface area contributed by atoms with Crippen LogP contribution < -0.4 is 24.3 Å². The lowest BCUT2D eigenvalue weighted by molar-refractivity contribution is 0.104. The molecule has 0 radical (unpaired) electrons. The maximum absolute atomic E-state index is 13.1. The van der Waals surface area contributed by atoms with E-state index in [-0.39, 0.29) is 11.5 Å². The summed E-state index contributed by atoms with van der Waals surface area (Å²) >= 11 is 0. The van der Waals surface area contributed by atoms with E-state index in [2.05, 4.69) is 5.32 Å². The van der Waals surface area contributed by atoms with E-state index in [0.717, 1.165) is 5.41 Å². The van der Waals surface area contributed by atoms with E-state index in [4.69, 9.17) is 18.9 Å². The topological polar surface area (TPSA) is 100 Å². The number of allylic oxidation sites excluding steroid dienone is 1. The van der Waals surface area contributed by atoms with Gasteiger partial charge in [0.15, 0.2) is 15.6 Å². The lowest BCUT2D eigenvalue weighted by Gasteiger charge is -2.12. The molecule has 0 heterocycles. The van der Waals surface area contributed by atoms with Gasteiger partial charge in [-0.05, 0) is 48.0 Å². The molecule has 3 aromatic rings. The molecule has 200 valence electrons. The first kappa shape index (κ1) is 28.3. The molecule has 3 aromatic carbocycles. The predicted molar refractivity (Wildman–Crippen MR) is 144 cm³/mol. The van der Waals surface area contributed by atoms with Gasteiger partial charge in [-0.25, -0.2) is 12.8 Å². The monoisotopic (exact) mass is 541 g/mol. The van der Waals surface area contributed by atoms with Crippen molar-refractivity contribution in [2.75, 3.05) is 33.8 Å². The van der Waals surface area contributed by atoms with Gasteiger partial charge in [-0.2, -0.15) is 0 Å². The maximum Gasteiger partial charge on any atom is 0.187 e. The summed E-state index contributed by atoms with van der Waals surface area (Å²) < 4.78 is 60.2. The summed E-state index contributed by atoms with van der Waals surface area (Å²) in [4.78, 5) is 12.3. The summed E-state index contributed by atoms with van der Waals surface area (Å²) in [6.07, 6.45) is 4.11. The number of ketones is 1. The Morgan fingerprint density at radius 2 is 1.50 bits per heavy atom. The number of benzene rings is 3. The molecule has 0 unspecified atom stereocenters. The summed E-state index contributed by atoms with van der Waals surface area (Å²) in [5.41, 5.74) is 1.73. The molecular weight excluding hydrogens is 513 g/mol. The summed E-state index contributed by atoms with van der Waals surface area (Å²) in [5.74, 6) is 0.693. The Morgan fingerprint density at radius 1 is 0.868 bits per heavy atom. The number of nitrogens with one attached hydrogen (secondary N) is 1. The van der Waals surface area contributed by atoms with Crippen LogP contribution in [-0.2, 0) is 15.6 Å². The summed E-state index contributed by atoms with van der Waals surface area (Å²) in [5, 5.41) is 4.04. The average Bonchev–Trinajstić information content (AvgIpc) is 2.91. The van der Waals surface area contributed by atoms with Gasteiger partial charge in [-0.15, -0.1) is 0 Å². The summed E-state index contributed by atoms with van der Waals surface area (Å²) in [6, 6.07) is 13.3. The highest BCUT2D eigenvalue weighted by molar-refractivity contribution is 7.93. The van der Waals surface area contributed by atoms with Gasteiger partial charge in [0.05, 0.1) is 45.4 Å². The van der Waals surface area contributed by atoms with Crippen LogP contribution in [0.25, 0.3) is 6.08 Å². The van der Waals surface area contributed by atoms with Crippen LogP contribution in [0, 0.1) is 5.82 Å². The highest BCUT2D eigenvalue weighted by Gasteiger charge is 2.15. The van der Waals surface area contributed by atoms with E-state index in [1.54, 1.807) is 30.3 Å². The molecule has 0 amide bonds.